The number of aliphatic hydroxyl groups excluding tert-OH is 1. The molecule has 13 heavy (non-hydrogen) atoms. The largest absolute Gasteiger partial charge is 0.395 e. The highest BCUT2D eigenvalue weighted by Gasteiger charge is 2.29. The van der Waals surface area contributed by atoms with Crippen LogP contribution < -0.4 is 0 Å². The Hall–Kier alpha value is -0.120. The zero-order valence-electron chi connectivity index (χ0n) is 8.66. The van der Waals surface area contributed by atoms with Crippen LogP contribution in [0.5, 0.6) is 0 Å². The van der Waals surface area contributed by atoms with E-state index in [0.717, 1.165) is 19.5 Å². The number of hydrogen-bond donors (Lipinski definition) is 2. The molecule has 1 fully saturated rings. The summed E-state index contributed by atoms with van der Waals surface area (Å²) in [5, 5.41) is 18.4. The minimum absolute atomic E-state index is 0.225. The van der Waals surface area contributed by atoms with Gasteiger partial charge in [0.1, 0.15) is 0 Å². The van der Waals surface area contributed by atoms with E-state index >= 15 is 0 Å². The summed E-state index contributed by atoms with van der Waals surface area (Å²) in [6.45, 7) is 5.53. The van der Waals surface area contributed by atoms with Crippen LogP contribution in [0.15, 0.2) is 0 Å². The zero-order valence-corrected chi connectivity index (χ0v) is 8.66. The van der Waals surface area contributed by atoms with Crippen LogP contribution >= 0.6 is 0 Å². The van der Waals surface area contributed by atoms with Gasteiger partial charge in [-0.15, -0.1) is 0 Å². The molecule has 78 valence electrons. The molecule has 1 aliphatic carbocycles. The molecule has 0 heterocycles. The van der Waals surface area contributed by atoms with Crippen LogP contribution in [-0.2, 0) is 0 Å². The minimum atomic E-state index is -0.581. The molecule has 0 atom stereocenters. The molecule has 1 aliphatic rings. The highest BCUT2D eigenvalue weighted by atomic mass is 16.3. The molecule has 3 nitrogen and oxygen atoms in total. The van der Waals surface area contributed by atoms with Gasteiger partial charge >= 0.3 is 0 Å². The number of aliphatic hydroxyl groups is 2. The molecule has 0 aromatic heterocycles. The Morgan fingerprint density at radius 1 is 1.31 bits per heavy atom. The van der Waals surface area contributed by atoms with Gasteiger partial charge in [-0.05, 0) is 33.1 Å². The second kappa shape index (κ2) is 4.40. The third kappa shape index (κ3) is 4.60. The standard InChI is InChI=1S/C10H21NO2/c1-10(2,13)5-6-11(7-8-12)9-3-4-9/h9,12-13H,3-8H2,1-2H3. The highest BCUT2D eigenvalue weighted by molar-refractivity contribution is 4.85. The number of rotatable bonds is 6. The molecule has 0 aliphatic heterocycles. The lowest BCUT2D eigenvalue weighted by atomic mass is 10.1. The summed E-state index contributed by atoms with van der Waals surface area (Å²) in [6.07, 6.45) is 3.29. The van der Waals surface area contributed by atoms with E-state index in [1.165, 1.54) is 12.8 Å². The monoisotopic (exact) mass is 187 g/mol. The fraction of sp³-hybridized carbons (Fsp3) is 1.00. The van der Waals surface area contributed by atoms with Crippen molar-refractivity contribution in [2.75, 3.05) is 19.7 Å². The van der Waals surface area contributed by atoms with Gasteiger partial charge in [0.05, 0.1) is 12.2 Å². The minimum Gasteiger partial charge on any atom is -0.395 e. The molecule has 0 radical (unpaired) electrons. The molecule has 3 heteroatoms. The van der Waals surface area contributed by atoms with Crippen LogP contribution in [-0.4, -0.2) is 46.5 Å². The molecule has 0 aromatic carbocycles. The fourth-order valence-corrected chi connectivity index (χ4v) is 1.46. The van der Waals surface area contributed by atoms with Crippen LogP contribution in [0.25, 0.3) is 0 Å². The van der Waals surface area contributed by atoms with E-state index < -0.39 is 5.60 Å². The fourth-order valence-electron chi connectivity index (χ4n) is 1.46. The van der Waals surface area contributed by atoms with Gasteiger partial charge in [-0.25, -0.2) is 0 Å². The first kappa shape index (κ1) is 11.0. The summed E-state index contributed by atoms with van der Waals surface area (Å²) in [4.78, 5) is 2.28. The first-order valence-electron chi connectivity index (χ1n) is 5.10. The third-order valence-electron chi connectivity index (χ3n) is 2.46. The summed E-state index contributed by atoms with van der Waals surface area (Å²) in [5.74, 6) is 0. The van der Waals surface area contributed by atoms with Crippen molar-refractivity contribution in [2.24, 2.45) is 0 Å². The molecule has 1 rings (SSSR count). The molecular formula is C10H21NO2. The quantitative estimate of drug-likeness (QED) is 0.640. The normalized spacial score (nSPS) is 18.2. The van der Waals surface area contributed by atoms with E-state index in [1.54, 1.807) is 0 Å². The predicted molar refractivity (Wildman–Crippen MR) is 52.6 cm³/mol. The van der Waals surface area contributed by atoms with Crippen molar-refractivity contribution >= 4 is 0 Å². The molecule has 0 saturated heterocycles. The lowest BCUT2D eigenvalue weighted by molar-refractivity contribution is 0.0536. The molecule has 0 aromatic rings. The van der Waals surface area contributed by atoms with E-state index in [1.807, 2.05) is 13.8 Å². The predicted octanol–water partition coefficient (Wildman–Crippen LogP) is 0.604. The summed E-state index contributed by atoms with van der Waals surface area (Å²) in [5.41, 5.74) is -0.581. The van der Waals surface area contributed by atoms with Gasteiger partial charge in [0, 0.05) is 19.1 Å². The second-order valence-corrected chi connectivity index (χ2v) is 4.55. The summed E-state index contributed by atoms with van der Waals surface area (Å²) in [7, 11) is 0. The first-order chi connectivity index (χ1) is 6.03. The van der Waals surface area contributed by atoms with Crippen molar-refractivity contribution in [1.29, 1.82) is 0 Å². The Morgan fingerprint density at radius 3 is 2.31 bits per heavy atom. The van der Waals surface area contributed by atoms with Crippen molar-refractivity contribution in [2.45, 2.75) is 44.8 Å². The Balaban J connectivity index is 2.22. The second-order valence-electron chi connectivity index (χ2n) is 4.55. The van der Waals surface area contributed by atoms with Crippen LogP contribution in [0.1, 0.15) is 33.1 Å². The van der Waals surface area contributed by atoms with Gasteiger partial charge in [0.25, 0.3) is 0 Å². The van der Waals surface area contributed by atoms with Crippen LogP contribution in [0.4, 0.5) is 0 Å². The average molecular weight is 187 g/mol. The van der Waals surface area contributed by atoms with E-state index in [4.69, 9.17) is 5.11 Å². The Bertz CT molecular complexity index is 149. The molecule has 0 spiro atoms. The van der Waals surface area contributed by atoms with E-state index in [0.29, 0.717) is 6.04 Å². The first-order valence-corrected chi connectivity index (χ1v) is 5.10. The van der Waals surface area contributed by atoms with Gasteiger partial charge in [-0.1, -0.05) is 0 Å². The van der Waals surface area contributed by atoms with Crippen molar-refractivity contribution in [1.82, 2.24) is 4.90 Å². The smallest absolute Gasteiger partial charge is 0.0603 e. The Kier molecular flexibility index (Phi) is 3.71. The summed E-state index contributed by atoms with van der Waals surface area (Å²) < 4.78 is 0. The van der Waals surface area contributed by atoms with Crippen LogP contribution in [0.2, 0.25) is 0 Å². The van der Waals surface area contributed by atoms with Crippen molar-refractivity contribution in [3.63, 3.8) is 0 Å². The summed E-state index contributed by atoms with van der Waals surface area (Å²) in [6, 6.07) is 0.675. The van der Waals surface area contributed by atoms with Crippen molar-refractivity contribution < 1.29 is 10.2 Å². The van der Waals surface area contributed by atoms with Gasteiger partial charge in [-0.2, -0.15) is 0 Å². The van der Waals surface area contributed by atoms with Crippen molar-refractivity contribution in [3.8, 4) is 0 Å². The molecule has 1 saturated carbocycles. The SMILES string of the molecule is CC(C)(O)CCN(CCO)C1CC1. The molecular weight excluding hydrogens is 166 g/mol. The highest BCUT2D eigenvalue weighted by Crippen LogP contribution is 2.27. The van der Waals surface area contributed by atoms with Gasteiger partial charge < -0.3 is 10.2 Å². The van der Waals surface area contributed by atoms with Crippen LogP contribution in [0.3, 0.4) is 0 Å². The van der Waals surface area contributed by atoms with Gasteiger partial charge in [0.2, 0.25) is 0 Å². The van der Waals surface area contributed by atoms with E-state index in [2.05, 4.69) is 4.90 Å². The maximum absolute atomic E-state index is 9.55. The lowest BCUT2D eigenvalue weighted by Crippen LogP contribution is -2.34. The number of hydrogen-bond acceptors (Lipinski definition) is 3. The third-order valence-corrected chi connectivity index (χ3v) is 2.46. The Morgan fingerprint density at radius 2 is 1.92 bits per heavy atom. The summed E-state index contributed by atoms with van der Waals surface area (Å²) >= 11 is 0. The molecule has 0 amide bonds. The molecule has 2 N–H and O–H groups in total. The van der Waals surface area contributed by atoms with E-state index in [9.17, 15) is 5.11 Å². The molecule has 0 unspecified atom stereocenters. The molecule has 0 bridgehead atoms. The van der Waals surface area contributed by atoms with Gasteiger partial charge in [-0.3, -0.25) is 4.90 Å². The van der Waals surface area contributed by atoms with Crippen molar-refractivity contribution in [3.05, 3.63) is 0 Å². The maximum atomic E-state index is 9.55. The average Bonchev–Trinajstić information content (AvgIpc) is 2.78. The van der Waals surface area contributed by atoms with Gasteiger partial charge in [0.15, 0.2) is 0 Å². The number of nitrogens with zero attached hydrogens (tertiary/aromatic N) is 1. The van der Waals surface area contributed by atoms with E-state index in [-0.39, 0.29) is 6.61 Å². The topological polar surface area (TPSA) is 43.7 Å². The lowest BCUT2D eigenvalue weighted by Gasteiger charge is -2.25. The van der Waals surface area contributed by atoms with Crippen LogP contribution in [0, 0.1) is 0 Å². The maximum Gasteiger partial charge on any atom is 0.0603 e. The zero-order chi connectivity index (χ0) is 9.90. The Labute approximate surface area is 80.4 Å².